The molecule has 2 atom stereocenters. The molecule has 1 aliphatic heterocycles. The van der Waals surface area contributed by atoms with Crippen molar-refractivity contribution in [3.05, 3.63) is 11.6 Å². The molecule has 1 fully saturated rings. The standard InChI is InChI=1S/C9H15N/c1-7-3-8-5-10(2)6-9(8)4-7/h3,8-9H,4-6H2,1-2H3. The average Bonchev–Trinajstić information content (AvgIpc) is 2.21. The van der Waals surface area contributed by atoms with Crippen LogP contribution in [0.5, 0.6) is 0 Å². The van der Waals surface area contributed by atoms with Crippen LogP contribution in [0.15, 0.2) is 11.6 Å². The first kappa shape index (κ1) is 6.41. The Balaban J connectivity index is 2.10. The SMILES string of the molecule is CC1=CC2CN(C)CC2C1. The van der Waals surface area contributed by atoms with Crippen LogP contribution in [0, 0.1) is 11.8 Å². The van der Waals surface area contributed by atoms with Crippen molar-refractivity contribution in [2.24, 2.45) is 11.8 Å². The van der Waals surface area contributed by atoms with Crippen molar-refractivity contribution in [1.29, 1.82) is 0 Å². The predicted octanol–water partition coefficient (Wildman–Crippen LogP) is 1.51. The van der Waals surface area contributed by atoms with E-state index in [2.05, 4.69) is 24.9 Å². The lowest BCUT2D eigenvalue weighted by molar-refractivity contribution is 0.393. The summed E-state index contributed by atoms with van der Waals surface area (Å²) in [5.41, 5.74) is 1.61. The van der Waals surface area contributed by atoms with E-state index in [0.29, 0.717) is 0 Å². The monoisotopic (exact) mass is 137 g/mol. The number of allylic oxidation sites excluding steroid dienone is 1. The summed E-state index contributed by atoms with van der Waals surface area (Å²) in [6, 6.07) is 0. The zero-order valence-electron chi connectivity index (χ0n) is 6.80. The topological polar surface area (TPSA) is 3.24 Å². The van der Waals surface area contributed by atoms with Gasteiger partial charge in [-0.05, 0) is 32.2 Å². The Morgan fingerprint density at radius 1 is 1.50 bits per heavy atom. The van der Waals surface area contributed by atoms with Crippen molar-refractivity contribution in [1.82, 2.24) is 4.90 Å². The zero-order chi connectivity index (χ0) is 7.14. The third kappa shape index (κ3) is 0.891. The second-order valence-electron chi connectivity index (χ2n) is 3.86. The van der Waals surface area contributed by atoms with Crippen molar-refractivity contribution in [3.8, 4) is 0 Å². The van der Waals surface area contributed by atoms with Gasteiger partial charge in [-0.1, -0.05) is 11.6 Å². The summed E-state index contributed by atoms with van der Waals surface area (Å²) in [5, 5.41) is 0. The fourth-order valence-corrected chi connectivity index (χ4v) is 2.37. The normalized spacial score (nSPS) is 40.0. The van der Waals surface area contributed by atoms with E-state index in [-0.39, 0.29) is 0 Å². The first-order valence-corrected chi connectivity index (χ1v) is 4.11. The predicted molar refractivity (Wildman–Crippen MR) is 42.9 cm³/mol. The van der Waals surface area contributed by atoms with Gasteiger partial charge in [0.25, 0.3) is 0 Å². The first-order valence-electron chi connectivity index (χ1n) is 4.11. The number of likely N-dealkylation sites (tertiary alicyclic amines) is 1. The minimum absolute atomic E-state index is 0.894. The maximum Gasteiger partial charge on any atom is 0.00448 e. The van der Waals surface area contributed by atoms with Crippen molar-refractivity contribution < 1.29 is 0 Å². The molecule has 56 valence electrons. The number of hydrogen-bond donors (Lipinski definition) is 0. The number of hydrogen-bond acceptors (Lipinski definition) is 1. The van der Waals surface area contributed by atoms with Gasteiger partial charge >= 0.3 is 0 Å². The molecular weight excluding hydrogens is 122 g/mol. The van der Waals surface area contributed by atoms with Gasteiger partial charge in [0, 0.05) is 13.1 Å². The Morgan fingerprint density at radius 2 is 2.30 bits per heavy atom. The molecular formula is C9H15N. The van der Waals surface area contributed by atoms with Crippen molar-refractivity contribution >= 4 is 0 Å². The van der Waals surface area contributed by atoms with Gasteiger partial charge < -0.3 is 4.90 Å². The van der Waals surface area contributed by atoms with Crippen molar-refractivity contribution in [2.45, 2.75) is 13.3 Å². The van der Waals surface area contributed by atoms with Crippen LogP contribution in [0.1, 0.15) is 13.3 Å². The van der Waals surface area contributed by atoms with Gasteiger partial charge in [-0.15, -0.1) is 0 Å². The molecule has 0 aromatic rings. The number of fused-ring (bicyclic) bond motifs is 1. The second-order valence-corrected chi connectivity index (χ2v) is 3.86. The molecule has 1 saturated heterocycles. The van der Waals surface area contributed by atoms with Crippen LogP contribution in [-0.4, -0.2) is 25.0 Å². The molecule has 0 N–H and O–H groups in total. The fraction of sp³-hybridized carbons (Fsp3) is 0.778. The Bertz CT molecular complexity index is 172. The average molecular weight is 137 g/mol. The number of nitrogens with zero attached hydrogens (tertiary/aromatic N) is 1. The van der Waals surface area contributed by atoms with E-state index in [0.717, 1.165) is 11.8 Å². The lowest BCUT2D eigenvalue weighted by atomic mass is 10.00. The summed E-state index contributed by atoms with van der Waals surface area (Å²) < 4.78 is 0. The summed E-state index contributed by atoms with van der Waals surface area (Å²) in [6.07, 6.45) is 3.82. The van der Waals surface area contributed by atoms with Gasteiger partial charge in [-0.3, -0.25) is 0 Å². The molecule has 1 nitrogen and oxygen atoms in total. The molecule has 2 rings (SSSR count). The third-order valence-corrected chi connectivity index (χ3v) is 2.76. The highest BCUT2D eigenvalue weighted by atomic mass is 15.1. The van der Waals surface area contributed by atoms with Gasteiger partial charge in [0.05, 0.1) is 0 Å². The Hall–Kier alpha value is -0.300. The first-order chi connectivity index (χ1) is 4.75. The largest absolute Gasteiger partial charge is 0.305 e. The molecule has 2 unspecified atom stereocenters. The van der Waals surface area contributed by atoms with Gasteiger partial charge in [0.2, 0.25) is 0 Å². The second kappa shape index (κ2) is 2.09. The summed E-state index contributed by atoms with van der Waals surface area (Å²) in [5.74, 6) is 1.86. The van der Waals surface area contributed by atoms with Gasteiger partial charge in [-0.25, -0.2) is 0 Å². The molecule has 0 radical (unpaired) electrons. The van der Waals surface area contributed by atoms with Crippen LogP contribution in [0.3, 0.4) is 0 Å². The van der Waals surface area contributed by atoms with E-state index in [1.807, 2.05) is 0 Å². The lowest BCUT2D eigenvalue weighted by Crippen LogP contribution is -2.14. The highest BCUT2D eigenvalue weighted by Crippen LogP contribution is 2.35. The zero-order valence-corrected chi connectivity index (χ0v) is 6.80. The minimum atomic E-state index is 0.894. The molecule has 0 saturated carbocycles. The van der Waals surface area contributed by atoms with Crippen LogP contribution >= 0.6 is 0 Å². The summed E-state index contributed by atoms with van der Waals surface area (Å²) in [6.45, 7) is 4.87. The summed E-state index contributed by atoms with van der Waals surface area (Å²) in [7, 11) is 2.22. The molecule has 0 spiro atoms. The van der Waals surface area contributed by atoms with E-state index in [4.69, 9.17) is 0 Å². The molecule has 0 bridgehead atoms. The highest BCUT2D eigenvalue weighted by molar-refractivity contribution is 5.14. The highest BCUT2D eigenvalue weighted by Gasteiger charge is 2.32. The summed E-state index contributed by atoms with van der Waals surface area (Å²) >= 11 is 0. The lowest BCUT2D eigenvalue weighted by Gasteiger charge is -2.07. The maximum absolute atomic E-state index is 2.47. The Kier molecular flexibility index (Phi) is 1.34. The smallest absolute Gasteiger partial charge is 0.00448 e. The van der Waals surface area contributed by atoms with Crippen LogP contribution in [0.4, 0.5) is 0 Å². The van der Waals surface area contributed by atoms with Crippen LogP contribution in [0.2, 0.25) is 0 Å². The molecule has 2 aliphatic rings. The van der Waals surface area contributed by atoms with Gasteiger partial charge in [-0.2, -0.15) is 0 Å². The maximum atomic E-state index is 2.47. The van der Waals surface area contributed by atoms with E-state index in [1.54, 1.807) is 5.57 Å². The Labute approximate surface area is 62.7 Å². The minimum Gasteiger partial charge on any atom is -0.305 e. The fourth-order valence-electron chi connectivity index (χ4n) is 2.37. The molecule has 1 heterocycles. The molecule has 1 heteroatoms. The molecule has 0 amide bonds. The van der Waals surface area contributed by atoms with E-state index >= 15 is 0 Å². The summed E-state index contributed by atoms with van der Waals surface area (Å²) in [4.78, 5) is 2.44. The van der Waals surface area contributed by atoms with E-state index in [9.17, 15) is 0 Å². The van der Waals surface area contributed by atoms with Crippen molar-refractivity contribution in [3.63, 3.8) is 0 Å². The number of rotatable bonds is 0. The van der Waals surface area contributed by atoms with Gasteiger partial charge in [0.1, 0.15) is 0 Å². The Morgan fingerprint density at radius 3 is 3.00 bits per heavy atom. The van der Waals surface area contributed by atoms with E-state index in [1.165, 1.54) is 19.5 Å². The van der Waals surface area contributed by atoms with Gasteiger partial charge in [0.15, 0.2) is 0 Å². The molecule has 10 heavy (non-hydrogen) atoms. The third-order valence-electron chi connectivity index (χ3n) is 2.76. The molecule has 1 aliphatic carbocycles. The molecule has 0 aromatic heterocycles. The van der Waals surface area contributed by atoms with Crippen LogP contribution in [-0.2, 0) is 0 Å². The van der Waals surface area contributed by atoms with Crippen LogP contribution in [0.25, 0.3) is 0 Å². The van der Waals surface area contributed by atoms with Crippen molar-refractivity contribution in [2.75, 3.05) is 20.1 Å². The van der Waals surface area contributed by atoms with E-state index < -0.39 is 0 Å². The molecule has 0 aromatic carbocycles. The quantitative estimate of drug-likeness (QED) is 0.457. The van der Waals surface area contributed by atoms with Crippen LogP contribution < -0.4 is 0 Å².